The summed E-state index contributed by atoms with van der Waals surface area (Å²) in [7, 11) is 1.54. The van der Waals surface area contributed by atoms with E-state index in [9.17, 15) is 4.79 Å². The van der Waals surface area contributed by atoms with Gasteiger partial charge in [0.15, 0.2) is 16.8 Å². The summed E-state index contributed by atoms with van der Waals surface area (Å²) in [6, 6.07) is 2.82. The van der Waals surface area contributed by atoms with Crippen molar-refractivity contribution in [3.05, 3.63) is 35.8 Å². The zero-order chi connectivity index (χ0) is 21.2. The Morgan fingerprint density at radius 1 is 1.17 bits per heavy atom. The molecule has 160 valence electrons. The van der Waals surface area contributed by atoms with E-state index in [2.05, 4.69) is 11.9 Å². The molecule has 3 fully saturated rings. The van der Waals surface area contributed by atoms with E-state index in [-0.39, 0.29) is 11.1 Å². The highest BCUT2D eigenvalue weighted by molar-refractivity contribution is 6.28. The van der Waals surface area contributed by atoms with Crippen molar-refractivity contribution in [2.75, 3.05) is 7.11 Å². The number of furan rings is 1. The Morgan fingerprint density at radius 3 is 2.45 bits per heavy atom. The van der Waals surface area contributed by atoms with E-state index in [1.165, 1.54) is 6.08 Å². The first-order valence-corrected chi connectivity index (χ1v) is 9.87. The molecule has 29 heavy (non-hydrogen) atoms. The van der Waals surface area contributed by atoms with Gasteiger partial charge in [-0.15, -0.1) is 0 Å². The third-order valence-electron chi connectivity index (χ3n) is 5.54. The number of rotatable bonds is 4. The number of carbonyl (C=O) groups excluding carboxylic acids is 1. The summed E-state index contributed by atoms with van der Waals surface area (Å²) < 4.78 is 36.6. The highest BCUT2D eigenvalue weighted by Gasteiger charge is 2.73. The monoisotopic (exact) mass is 427 g/mol. The molecule has 9 heteroatoms. The van der Waals surface area contributed by atoms with Crippen molar-refractivity contribution in [3.63, 3.8) is 0 Å². The van der Waals surface area contributed by atoms with Gasteiger partial charge in [-0.2, -0.15) is 0 Å². The number of methoxy groups -OCH3 is 1. The molecular formula is C20H26ClNO7. The number of hydrogen-bond donors (Lipinski definition) is 1. The molecule has 1 aromatic rings. The summed E-state index contributed by atoms with van der Waals surface area (Å²) >= 11 is 6.06. The lowest BCUT2D eigenvalue weighted by Gasteiger charge is -2.48. The van der Waals surface area contributed by atoms with Crippen LogP contribution in [0.1, 0.15) is 39.4 Å². The van der Waals surface area contributed by atoms with E-state index in [1.54, 1.807) is 46.9 Å². The van der Waals surface area contributed by atoms with Crippen LogP contribution in [0.5, 0.6) is 0 Å². The Morgan fingerprint density at radius 2 is 1.86 bits per heavy atom. The average Bonchev–Trinajstić information content (AvgIpc) is 3.28. The lowest BCUT2D eigenvalue weighted by atomic mass is 9.73. The van der Waals surface area contributed by atoms with Crippen LogP contribution in [0, 0.1) is 0 Å². The fourth-order valence-electron chi connectivity index (χ4n) is 4.66. The van der Waals surface area contributed by atoms with Crippen LogP contribution in [0.15, 0.2) is 29.2 Å². The van der Waals surface area contributed by atoms with Crippen molar-refractivity contribution in [2.24, 2.45) is 0 Å². The molecule has 2 saturated heterocycles. The van der Waals surface area contributed by atoms with Gasteiger partial charge in [0.05, 0.1) is 12.0 Å². The maximum Gasteiger partial charge on any atom is 0.243 e. The first-order chi connectivity index (χ1) is 13.5. The fourth-order valence-corrected chi connectivity index (χ4v) is 4.81. The highest BCUT2D eigenvalue weighted by atomic mass is 35.5. The van der Waals surface area contributed by atoms with Gasteiger partial charge in [0.1, 0.15) is 24.1 Å². The summed E-state index contributed by atoms with van der Waals surface area (Å²) in [4.78, 5) is 12.3. The predicted octanol–water partition coefficient (Wildman–Crippen LogP) is 2.72. The van der Waals surface area contributed by atoms with E-state index in [0.29, 0.717) is 5.76 Å². The molecular weight excluding hydrogens is 402 g/mol. The molecule has 1 aromatic heterocycles. The van der Waals surface area contributed by atoms with Crippen LogP contribution >= 0.6 is 11.6 Å². The van der Waals surface area contributed by atoms with E-state index in [4.69, 9.17) is 39.7 Å². The van der Waals surface area contributed by atoms with Crippen molar-refractivity contribution >= 4 is 17.5 Å². The molecule has 1 N–H and O–H groups in total. The van der Waals surface area contributed by atoms with Gasteiger partial charge in [-0.1, -0.05) is 6.58 Å². The molecule has 0 unspecified atom stereocenters. The van der Waals surface area contributed by atoms with Gasteiger partial charge < -0.3 is 33.4 Å². The minimum Gasteiger partial charge on any atom is -0.449 e. The van der Waals surface area contributed by atoms with E-state index >= 15 is 0 Å². The number of ether oxygens (including phenoxy) is 5. The van der Waals surface area contributed by atoms with Crippen LogP contribution in [0.2, 0.25) is 5.22 Å². The van der Waals surface area contributed by atoms with Crippen LogP contribution in [0.3, 0.4) is 0 Å². The second-order valence-corrected chi connectivity index (χ2v) is 8.77. The minimum atomic E-state index is -1.28. The van der Waals surface area contributed by atoms with Crippen molar-refractivity contribution in [1.29, 1.82) is 0 Å². The number of amides is 1. The second kappa shape index (κ2) is 6.80. The third kappa shape index (κ3) is 3.32. The van der Waals surface area contributed by atoms with Crippen LogP contribution < -0.4 is 5.32 Å². The quantitative estimate of drug-likeness (QED) is 0.739. The van der Waals surface area contributed by atoms with Gasteiger partial charge in [-0.05, 0) is 57.5 Å². The predicted molar refractivity (Wildman–Crippen MR) is 102 cm³/mol. The Balaban J connectivity index is 1.88. The van der Waals surface area contributed by atoms with Crippen molar-refractivity contribution in [1.82, 2.24) is 5.32 Å². The number of fused-ring (bicyclic) bond motifs is 3. The number of hydrogen-bond acceptors (Lipinski definition) is 7. The summed E-state index contributed by atoms with van der Waals surface area (Å²) in [6.45, 7) is 10.7. The minimum absolute atomic E-state index is 0.223. The topological polar surface area (TPSA) is 88.4 Å². The molecule has 0 radical (unpaired) electrons. The Hall–Kier alpha value is -1.42. The van der Waals surface area contributed by atoms with Gasteiger partial charge in [-0.25, -0.2) is 0 Å². The molecule has 2 aliphatic heterocycles. The Bertz CT molecular complexity index is 822. The largest absolute Gasteiger partial charge is 0.449 e. The first-order valence-electron chi connectivity index (χ1n) is 9.49. The lowest BCUT2D eigenvalue weighted by molar-refractivity contribution is -0.304. The summed E-state index contributed by atoms with van der Waals surface area (Å²) in [5.41, 5.74) is 0. The Kier molecular flexibility index (Phi) is 4.88. The highest BCUT2D eigenvalue weighted by Crippen LogP contribution is 2.56. The molecule has 3 heterocycles. The molecule has 3 aliphatic rings. The zero-order valence-corrected chi connectivity index (χ0v) is 17.8. The molecule has 0 spiro atoms. The second-order valence-electron chi connectivity index (χ2n) is 8.39. The number of carbonyl (C=O) groups is 1. The molecule has 1 aliphatic carbocycles. The van der Waals surface area contributed by atoms with Crippen molar-refractivity contribution in [3.8, 4) is 0 Å². The van der Waals surface area contributed by atoms with Gasteiger partial charge in [-0.3, -0.25) is 4.79 Å². The molecule has 1 amide bonds. The van der Waals surface area contributed by atoms with Crippen LogP contribution in [0.4, 0.5) is 0 Å². The maximum absolute atomic E-state index is 12.3. The average molecular weight is 428 g/mol. The van der Waals surface area contributed by atoms with Crippen LogP contribution in [0.25, 0.3) is 0 Å². The molecule has 1 saturated carbocycles. The molecule has 0 bridgehead atoms. The molecule has 4 rings (SSSR count). The van der Waals surface area contributed by atoms with Gasteiger partial charge in [0.25, 0.3) is 0 Å². The van der Waals surface area contributed by atoms with Crippen molar-refractivity contribution in [2.45, 2.75) is 75.3 Å². The van der Waals surface area contributed by atoms with Gasteiger partial charge in [0.2, 0.25) is 11.7 Å². The standard InChI is InChI=1S/C20H26ClNO7/c1-7-12(23)22-14-13(10-8-9-11(21)25-10)16-20(24-6,29-19(4,5)27-16)17-15(14)26-18(2,3)28-17/h7-9,13-17H,1H2,2-6H3,(H,22,23)/t13-,14-,15+,16-,17+,20-/m1/s1. The molecule has 0 aromatic carbocycles. The van der Waals surface area contributed by atoms with Gasteiger partial charge >= 0.3 is 0 Å². The van der Waals surface area contributed by atoms with E-state index in [0.717, 1.165) is 0 Å². The van der Waals surface area contributed by atoms with Crippen LogP contribution in [-0.2, 0) is 28.5 Å². The van der Waals surface area contributed by atoms with Crippen LogP contribution in [-0.4, -0.2) is 54.7 Å². The third-order valence-corrected chi connectivity index (χ3v) is 5.74. The number of nitrogens with one attached hydrogen (secondary N) is 1. The zero-order valence-electron chi connectivity index (χ0n) is 17.1. The maximum atomic E-state index is 12.3. The van der Waals surface area contributed by atoms with E-state index in [1.807, 2.05) is 0 Å². The van der Waals surface area contributed by atoms with E-state index < -0.39 is 47.6 Å². The summed E-state index contributed by atoms with van der Waals surface area (Å²) in [6.07, 6.45) is -0.725. The van der Waals surface area contributed by atoms with Crippen molar-refractivity contribution < 1.29 is 32.9 Å². The lowest BCUT2D eigenvalue weighted by Crippen LogP contribution is -2.69. The molecule has 6 atom stereocenters. The first kappa shape index (κ1) is 20.8. The Labute approximate surface area is 174 Å². The normalized spacial score (nSPS) is 39.6. The SMILES string of the molecule is C=CC(=O)N[C@H]1[C@@H]2OC(C)(C)O[C@@H]2[C@]2(OC)OC(C)(C)O[C@@H]2[C@@H]1c1ccc(Cl)o1. The fraction of sp³-hybridized carbons (Fsp3) is 0.650. The smallest absolute Gasteiger partial charge is 0.243 e. The molecule has 8 nitrogen and oxygen atoms in total. The van der Waals surface area contributed by atoms with Gasteiger partial charge in [0, 0.05) is 7.11 Å². The summed E-state index contributed by atoms with van der Waals surface area (Å²) in [5.74, 6) is -3.52. The number of halogens is 1. The summed E-state index contributed by atoms with van der Waals surface area (Å²) in [5, 5.41) is 3.18.